The van der Waals surface area contributed by atoms with Gasteiger partial charge in [-0.1, -0.05) is 0 Å². The molecule has 2 aromatic heterocycles. The van der Waals surface area contributed by atoms with Crippen LogP contribution >= 0.6 is 0 Å². The van der Waals surface area contributed by atoms with Gasteiger partial charge in [0.25, 0.3) is 0 Å². The zero-order valence-corrected chi connectivity index (χ0v) is 16.0. The van der Waals surface area contributed by atoms with Gasteiger partial charge in [-0.3, -0.25) is 4.79 Å². The van der Waals surface area contributed by atoms with Crippen molar-refractivity contribution in [1.29, 1.82) is 0 Å². The number of fused-ring (bicyclic) bond motifs is 1. The SMILES string of the molecule is COC[C@H](C)n1c(CCCC(=O)N2CCN(C)CC2)nc2cccnc21. The highest BCUT2D eigenvalue weighted by atomic mass is 16.5. The lowest BCUT2D eigenvalue weighted by atomic mass is 10.2. The number of hydrogen-bond donors (Lipinski definition) is 0. The largest absolute Gasteiger partial charge is 0.383 e. The van der Waals surface area contributed by atoms with Crippen molar-refractivity contribution in [3.8, 4) is 0 Å². The van der Waals surface area contributed by atoms with Crippen LogP contribution in [0.2, 0.25) is 0 Å². The van der Waals surface area contributed by atoms with Gasteiger partial charge in [0.15, 0.2) is 5.65 Å². The van der Waals surface area contributed by atoms with E-state index in [4.69, 9.17) is 9.72 Å². The summed E-state index contributed by atoms with van der Waals surface area (Å²) in [5.41, 5.74) is 1.79. The van der Waals surface area contributed by atoms with Gasteiger partial charge < -0.3 is 19.1 Å². The van der Waals surface area contributed by atoms with Crippen LogP contribution < -0.4 is 0 Å². The Bertz CT molecular complexity index is 737. The molecule has 3 rings (SSSR count). The molecule has 1 aliphatic heterocycles. The first-order chi connectivity index (χ1) is 12.6. The van der Waals surface area contributed by atoms with Crippen LogP contribution in [0.4, 0.5) is 0 Å². The van der Waals surface area contributed by atoms with Gasteiger partial charge in [0.1, 0.15) is 11.3 Å². The second-order valence-corrected chi connectivity index (χ2v) is 7.09. The van der Waals surface area contributed by atoms with E-state index in [1.807, 2.05) is 17.0 Å². The number of pyridine rings is 1. The number of nitrogens with zero attached hydrogens (tertiary/aromatic N) is 5. The predicted molar refractivity (Wildman–Crippen MR) is 101 cm³/mol. The molecule has 1 amide bonds. The first-order valence-corrected chi connectivity index (χ1v) is 9.37. The Labute approximate surface area is 155 Å². The fourth-order valence-corrected chi connectivity index (χ4v) is 3.54. The molecule has 3 heterocycles. The predicted octanol–water partition coefficient (Wildman–Crippen LogP) is 1.74. The minimum absolute atomic E-state index is 0.156. The molecule has 26 heavy (non-hydrogen) atoms. The summed E-state index contributed by atoms with van der Waals surface area (Å²) in [6, 6.07) is 4.04. The molecule has 0 N–H and O–H groups in total. The van der Waals surface area contributed by atoms with E-state index in [1.54, 1.807) is 13.3 Å². The highest BCUT2D eigenvalue weighted by Gasteiger charge is 2.20. The van der Waals surface area contributed by atoms with E-state index in [-0.39, 0.29) is 11.9 Å². The second-order valence-electron chi connectivity index (χ2n) is 7.09. The number of likely N-dealkylation sites (N-methyl/N-ethyl adjacent to an activating group) is 1. The van der Waals surface area contributed by atoms with Crippen molar-refractivity contribution >= 4 is 17.1 Å². The molecule has 0 unspecified atom stereocenters. The van der Waals surface area contributed by atoms with Crippen molar-refractivity contribution in [3.05, 3.63) is 24.2 Å². The highest BCUT2D eigenvalue weighted by molar-refractivity contribution is 5.76. The summed E-state index contributed by atoms with van der Waals surface area (Å²) in [5.74, 6) is 1.23. The number of methoxy groups -OCH3 is 1. The Hall–Kier alpha value is -1.99. The maximum Gasteiger partial charge on any atom is 0.222 e. The lowest BCUT2D eigenvalue weighted by molar-refractivity contribution is -0.132. The van der Waals surface area contributed by atoms with Crippen molar-refractivity contribution in [1.82, 2.24) is 24.3 Å². The number of carbonyl (C=O) groups is 1. The standard InChI is InChI=1S/C19H29N5O2/c1-15(14-26-3)24-17(21-16-6-5-9-20-19(16)24)7-4-8-18(25)23-12-10-22(2)11-13-23/h5-6,9,15H,4,7-8,10-14H2,1-3H3/t15-/m0/s1. The van der Waals surface area contributed by atoms with Crippen molar-refractivity contribution in [3.63, 3.8) is 0 Å². The molecule has 2 aromatic rings. The average molecular weight is 359 g/mol. The second kappa shape index (κ2) is 8.60. The molecule has 0 radical (unpaired) electrons. The molecule has 142 valence electrons. The zero-order valence-electron chi connectivity index (χ0n) is 16.0. The molecule has 7 nitrogen and oxygen atoms in total. The van der Waals surface area contributed by atoms with Gasteiger partial charge in [0, 0.05) is 52.3 Å². The summed E-state index contributed by atoms with van der Waals surface area (Å²) in [6.45, 7) is 6.31. The monoisotopic (exact) mass is 359 g/mol. The number of ether oxygens (including phenoxy) is 1. The summed E-state index contributed by atoms with van der Waals surface area (Å²) in [4.78, 5) is 25.9. The fourth-order valence-electron chi connectivity index (χ4n) is 3.54. The molecular weight excluding hydrogens is 330 g/mol. The number of rotatable bonds is 7. The third-order valence-electron chi connectivity index (χ3n) is 5.02. The number of imidazole rings is 1. The third kappa shape index (κ3) is 4.22. The van der Waals surface area contributed by atoms with Gasteiger partial charge >= 0.3 is 0 Å². The van der Waals surface area contributed by atoms with Crippen molar-refractivity contribution in [2.75, 3.05) is 46.9 Å². The Morgan fingerprint density at radius 2 is 2.08 bits per heavy atom. The third-order valence-corrected chi connectivity index (χ3v) is 5.02. The molecule has 0 saturated carbocycles. The average Bonchev–Trinajstić information content (AvgIpc) is 3.00. The summed E-state index contributed by atoms with van der Waals surface area (Å²) < 4.78 is 7.47. The Balaban J connectivity index is 1.65. The van der Waals surface area contributed by atoms with Crippen LogP contribution in [0.15, 0.2) is 18.3 Å². The van der Waals surface area contributed by atoms with Crippen LogP contribution in [-0.4, -0.2) is 77.2 Å². The summed E-state index contributed by atoms with van der Waals surface area (Å²) >= 11 is 0. The molecule has 0 spiro atoms. The van der Waals surface area contributed by atoms with Gasteiger partial charge in [-0.2, -0.15) is 0 Å². The number of piperazine rings is 1. The lowest BCUT2D eigenvalue weighted by Crippen LogP contribution is -2.47. The summed E-state index contributed by atoms with van der Waals surface area (Å²) in [5, 5.41) is 0. The topological polar surface area (TPSA) is 63.5 Å². The number of hydrogen-bond acceptors (Lipinski definition) is 5. The molecule has 1 aliphatic rings. The Kier molecular flexibility index (Phi) is 6.21. The van der Waals surface area contributed by atoms with E-state index in [1.165, 1.54) is 0 Å². The van der Waals surface area contributed by atoms with Gasteiger partial charge in [-0.25, -0.2) is 9.97 Å². The van der Waals surface area contributed by atoms with Crippen LogP contribution in [0.1, 0.15) is 31.6 Å². The van der Waals surface area contributed by atoms with Crippen molar-refractivity contribution in [2.24, 2.45) is 0 Å². The molecular formula is C19H29N5O2. The van der Waals surface area contributed by atoms with E-state index >= 15 is 0 Å². The van der Waals surface area contributed by atoms with E-state index in [2.05, 4.69) is 28.4 Å². The number of carbonyl (C=O) groups excluding carboxylic acids is 1. The molecule has 0 bridgehead atoms. The quantitative estimate of drug-likeness (QED) is 0.753. The molecule has 1 fully saturated rings. The summed E-state index contributed by atoms with van der Waals surface area (Å²) in [7, 11) is 3.80. The van der Waals surface area contributed by atoms with E-state index in [0.29, 0.717) is 13.0 Å². The number of amides is 1. The van der Waals surface area contributed by atoms with Gasteiger partial charge in [-0.15, -0.1) is 0 Å². The molecule has 0 aromatic carbocycles. The maximum absolute atomic E-state index is 12.4. The van der Waals surface area contributed by atoms with Gasteiger partial charge in [0.2, 0.25) is 5.91 Å². The first kappa shape index (κ1) is 18.8. The minimum atomic E-state index is 0.156. The fraction of sp³-hybridized carbons (Fsp3) is 0.632. The smallest absolute Gasteiger partial charge is 0.222 e. The first-order valence-electron chi connectivity index (χ1n) is 9.37. The molecule has 1 atom stereocenters. The van der Waals surface area contributed by atoms with E-state index in [0.717, 1.165) is 56.0 Å². The zero-order chi connectivity index (χ0) is 18.5. The normalized spacial score (nSPS) is 17.0. The van der Waals surface area contributed by atoms with Gasteiger partial charge in [0.05, 0.1) is 12.6 Å². The van der Waals surface area contributed by atoms with Crippen LogP contribution in [0.25, 0.3) is 11.2 Å². The maximum atomic E-state index is 12.4. The molecule has 1 saturated heterocycles. The molecule has 0 aliphatic carbocycles. The van der Waals surface area contributed by atoms with Crippen LogP contribution in [0.5, 0.6) is 0 Å². The Morgan fingerprint density at radius 3 is 2.81 bits per heavy atom. The minimum Gasteiger partial charge on any atom is -0.383 e. The summed E-state index contributed by atoms with van der Waals surface area (Å²) in [6.07, 6.45) is 3.93. The van der Waals surface area contributed by atoms with Crippen molar-refractivity contribution in [2.45, 2.75) is 32.2 Å². The Morgan fingerprint density at radius 1 is 1.31 bits per heavy atom. The van der Waals surface area contributed by atoms with Gasteiger partial charge in [-0.05, 0) is 32.5 Å². The van der Waals surface area contributed by atoms with Crippen molar-refractivity contribution < 1.29 is 9.53 Å². The van der Waals surface area contributed by atoms with E-state index in [9.17, 15) is 4.79 Å². The van der Waals surface area contributed by atoms with E-state index < -0.39 is 0 Å². The number of aryl methyl sites for hydroxylation is 1. The molecule has 7 heteroatoms. The van der Waals surface area contributed by atoms with Crippen LogP contribution in [0, 0.1) is 0 Å². The lowest BCUT2D eigenvalue weighted by Gasteiger charge is -2.32. The van der Waals surface area contributed by atoms with Crippen LogP contribution in [-0.2, 0) is 16.0 Å². The highest BCUT2D eigenvalue weighted by Crippen LogP contribution is 2.21. The number of aromatic nitrogens is 3. The van der Waals surface area contributed by atoms with Crippen LogP contribution in [0.3, 0.4) is 0 Å².